The summed E-state index contributed by atoms with van der Waals surface area (Å²) in [6, 6.07) is 21.3. The van der Waals surface area contributed by atoms with Gasteiger partial charge in [-0.1, -0.05) is 54.6 Å². The molecule has 1 N–H and O–H groups in total. The van der Waals surface area contributed by atoms with Gasteiger partial charge >= 0.3 is 0 Å². The van der Waals surface area contributed by atoms with E-state index in [4.69, 9.17) is 14.2 Å². The SMILES string of the molecule is COc1ccc([C@@H]2C(C(=O)/C=C/c3ccccc3)=C(O)C(=O)N2CCc2ccc(OC)c(OC)c2)cc1. The maximum absolute atomic E-state index is 13.3. The number of allylic oxidation sites excluding steroid dienone is 1. The summed E-state index contributed by atoms with van der Waals surface area (Å²) in [6.45, 7) is 0.272. The largest absolute Gasteiger partial charge is 0.503 e. The van der Waals surface area contributed by atoms with Crippen LogP contribution in [0.2, 0.25) is 0 Å². The van der Waals surface area contributed by atoms with E-state index in [1.54, 1.807) is 57.7 Å². The molecule has 0 saturated heterocycles. The van der Waals surface area contributed by atoms with Crippen LogP contribution in [-0.2, 0) is 16.0 Å². The molecule has 7 nitrogen and oxygen atoms in total. The van der Waals surface area contributed by atoms with Gasteiger partial charge in [0.25, 0.3) is 5.91 Å². The van der Waals surface area contributed by atoms with Crippen molar-refractivity contribution in [1.29, 1.82) is 0 Å². The van der Waals surface area contributed by atoms with E-state index in [2.05, 4.69) is 0 Å². The number of carbonyl (C=O) groups excluding carboxylic acids is 2. The predicted octanol–water partition coefficient (Wildman–Crippen LogP) is 4.93. The summed E-state index contributed by atoms with van der Waals surface area (Å²) in [5, 5.41) is 10.8. The van der Waals surface area contributed by atoms with Crippen LogP contribution in [-0.4, -0.2) is 49.6 Å². The number of hydrogen-bond donors (Lipinski definition) is 1. The van der Waals surface area contributed by atoms with Gasteiger partial charge in [-0.3, -0.25) is 9.59 Å². The fourth-order valence-electron chi connectivity index (χ4n) is 4.38. The second-order valence-corrected chi connectivity index (χ2v) is 8.48. The summed E-state index contributed by atoms with van der Waals surface area (Å²) < 4.78 is 16.0. The molecule has 0 unspecified atom stereocenters. The van der Waals surface area contributed by atoms with Crippen molar-refractivity contribution in [2.75, 3.05) is 27.9 Å². The number of ketones is 1. The molecule has 0 spiro atoms. The minimum atomic E-state index is -0.744. The third-order valence-electron chi connectivity index (χ3n) is 6.32. The smallest absolute Gasteiger partial charge is 0.290 e. The molecule has 0 aliphatic carbocycles. The topological polar surface area (TPSA) is 85.3 Å². The second kappa shape index (κ2) is 11.5. The highest BCUT2D eigenvalue weighted by molar-refractivity contribution is 6.14. The van der Waals surface area contributed by atoms with Crippen molar-refractivity contribution in [1.82, 2.24) is 4.90 Å². The number of hydrogen-bond acceptors (Lipinski definition) is 6. The minimum Gasteiger partial charge on any atom is -0.503 e. The number of carbonyl (C=O) groups is 2. The fourth-order valence-corrected chi connectivity index (χ4v) is 4.38. The third kappa shape index (κ3) is 5.51. The Bertz CT molecular complexity index is 1330. The zero-order valence-corrected chi connectivity index (χ0v) is 21.0. The van der Waals surface area contributed by atoms with Gasteiger partial charge in [-0.15, -0.1) is 0 Å². The van der Waals surface area contributed by atoms with Crippen LogP contribution in [0.5, 0.6) is 17.2 Å². The molecule has 7 heteroatoms. The standard InChI is InChI=1S/C30H29NO6/c1-35-23-13-11-22(12-14-23)28-27(24(32)15-9-20-7-5-4-6-8-20)29(33)30(34)31(28)18-17-21-10-16-25(36-2)26(19-21)37-3/h4-16,19,28,33H,17-18H2,1-3H3/b15-9+/t28-/m1/s1. The number of benzene rings is 3. The van der Waals surface area contributed by atoms with Crippen molar-refractivity contribution in [3.63, 3.8) is 0 Å². The van der Waals surface area contributed by atoms with Gasteiger partial charge in [0.05, 0.1) is 32.9 Å². The molecule has 0 saturated carbocycles. The lowest BCUT2D eigenvalue weighted by Crippen LogP contribution is -2.33. The van der Waals surface area contributed by atoms with Crippen molar-refractivity contribution in [3.05, 3.63) is 107 Å². The fraction of sp³-hybridized carbons (Fsp3) is 0.200. The molecule has 3 aromatic rings. The van der Waals surface area contributed by atoms with E-state index < -0.39 is 23.5 Å². The van der Waals surface area contributed by atoms with E-state index in [9.17, 15) is 14.7 Å². The Kier molecular flexibility index (Phi) is 7.93. The molecular weight excluding hydrogens is 470 g/mol. The van der Waals surface area contributed by atoms with E-state index in [0.717, 1.165) is 11.1 Å². The van der Waals surface area contributed by atoms with Crippen molar-refractivity contribution >= 4 is 17.8 Å². The number of amides is 1. The van der Waals surface area contributed by atoms with Crippen LogP contribution in [0.25, 0.3) is 6.08 Å². The van der Waals surface area contributed by atoms with Crippen molar-refractivity contribution in [2.24, 2.45) is 0 Å². The van der Waals surface area contributed by atoms with Gasteiger partial charge in [-0.2, -0.15) is 0 Å². The molecular formula is C30H29NO6. The van der Waals surface area contributed by atoms with Crippen LogP contribution < -0.4 is 14.2 Å². The van der Waals surface area contributed by atoms with E-state index in [1.165, 1.54) is 11.0 Å². The maximum Gasteiger partial charge on any atom is 0.290 e. The van der Waals surface area contributed by atoms with Crippen molar-refractivity contribution in [2.45, 2.75) is 12.5 Å². The number of aliphatic hydroxyl groups excluding tert-OH is 1. The number of ether oxygens (including phenoxy) is 3. The molecule has 1 heterocycles. The van der Waals surface area contributed by atoms with Gasteiger partial charge in [-0.05, 0) is 53.5 Å². The molecule has 0 bridgehead atoms. The first-order valence-electron chi connectivity index (χ1n) is 11.8. The molecule has 1 aliphatic rings. The normalized spacial score (nSPS) is 15.4. The zero-order valence-electron chi connectivity index (χ0n) is 21.0. The Balaban J connectivity index is 1.65. The first kappa shape index (κ1) is 25.6. The van der Waals surface area contributed by atoms with Crippen LogP contribution in [0.4, 0.5) is 0 Å². The average Bonchev–Trinajstić information content (AvgIpc) is 3.20. The summed E-state index contributed by atoms with van der Waals surface area (Å²) in [5.74, 6) is 0.298. The van der Waals surface area contributed by atoms with Crippen LogP contribution in [0, 0.1) is 0 Å². The van der Waals surface area contributed by atoms with Gasteiger partial charge in [0.2, 0.25) is 0 Å². The van der Waals surface area contributed by atoms with Crippen LogP contribution in [0.3, 0.4) is 0 Å². The highest BCUT2D eigenvalue weighted by Gasteiger charge is 2.42. The van der Waals surface area contributed by atoms with Crippen LogP contribution in [0.1, 0.15) is 22.7 Å². The highest BCUT2D eigenvalue weighted by Crippen LogP contribution is 2.39. The number of rotatable bonds is 10. The summed E-state index contributed by atoms with van der Waals surface area (Å²) in [6.07, 6.45) is 3.54. The average molecular weight is 500 g/mol. The summed E-state index contributed by atoms with van der Waals surface area (Å²) >= 11 is 0. The summed E-state index contributed by atoms with van der Waals surface area (Å²) in [4.78, 5) is 28.1. The Morgan fingerprint density at radius 3 is 2.27 bits per heavy atom. The first-order chi connectivity index (χ1) is 18.0. The predicted molar refractivity (Wildman–Crippen MR) is 141 cm³/mol. The minimum absolute atomic E-state index is 0.0506. The van der Waals surface area contributed by atoms with Crippen molar-refractivity contribution < 1.29 is 28.9 Å². The molecule has 37 heavy (non-hydrogen) atoms. The lowest BCUT2D eigenvalue weighted by molar-refractivity contribution is -0.129. The van der Waals surface area contributed by atoms with Gasteiger partial charge in [0.1, 0.15) is 5.75 Å². The van der Waals surface area contributed by atoms with Gasteiger partial charge in [0, 0.05) is 6.54 Å². The van der Waals surface area contributed by atoms with E-state index >= 15 is 0 Å². The van der Waals surface area contributed by atoms with E-state index in [1.807, 2.05) is 42.5 Å². The van der Waals surface area contributed by atoms with Gasteiger partial charge in [0.15, 0.2) is 23.0 Å². The Labute approximate surface area is 216 Å². The zero-order chi connectivity index (χ0) is 26.4. The third-order valence-corrected chi connectivity index (χ3v) is 6.32. The molecule has 4 rings (SSSR count). The molecule has 1 atom stereocenters. The highest BCUT2D eigenvalue weighted by atomic mass is 16.5. The number of methoxy groups -OCH3 is 3. The Morgan fingerprint density at radius 1 is 0.919 bits per heavy atom. The van der Waals surface area contributed by atoms with E-state index in [-0.39, 0.29) is 12.1 Å². The maximum atomic E-state index is 13.3. The quantitative estimate of drug-likeness (QED) is 0.398. The van der Waals surface area contributed by atoms with Gasteiger partial charge < -0.3 is 24.2 Å². The molecule has 1 aliphatic heterocycles. The van der Waals surface area contributed by atoms with Crippen LogP contribution >= 0.6 is 0 Å². The summed E-state index contributed by atoms with van der Waals surface area (Å²) in [5.41, 5.74) is 2.50. The molecule has 190 valence electrons. The molecule has 0 aromatic heterocycles. The van der Waals surface area contributed by atoms with Crippen LogP contribution in [0.15, 0.2) is 90.2 Å². The first-order valence-corrected chi connectivity index (χ1v) is 11.8. The second-order valence-electron chi connectivity index (χ2n) is 8.48. The van der Waals surface area contributed by atoms with E-state index in [0.29, 0.717) is 29.2 Å². The number of nitrogens with zero attached hydrogens (tertiary/aromatic N) is 1. The lowest BCUT2D eigenvalue weighted by atomic mass is 9.95. The molecule has 0 fully saturated rings. The number of aliphatic hydroxyl groups is 1. The Hall–Kier alpha value is -4.52. The molecule has 0 radical (unpaired) electrons. The lowest BCUT2D eigenvalue weighted by Gasteiger charge is -2.27. The Morgan fingerprint density at radius 2 is 1.62 bits per heavy atom. The monoisotopic (exact) mass is 499 g/mol. The summed E-state index contributed by atoms with van der Waals surface area (Å²) in [7, 11) is 4.70. The van der Waals surface area contributed by atoms with Crippen molar-refractivity contribution in [3.8, 4) is 17.2 Å². The molecule has 1 amide bonds. The van der Waals surface area contributed by atoms with Gasteiger partial charge in [-0.25, -0.2) is 0 Å². The molecule has 3 aromatic carbocycles.